The fraction of sp³-hybridized carbons (Fsp3) is 0.588. The Balaban J connectivity index is 3.14. The van der Waals surface area contributed by atoms with Crippen LogP contribution in [0, 0.1) is 0 Å². The number of carbonyl (C=O) groups is 1. The summed E-state index contributed by atoms with van der Waals surface area (Å²) in [4.78, 5) is 14.4. The van der Waals surface area contributed by atoms with Crippen LogP contribution in [0.3, 0.4) is 0 Å². The number of hydrogen-bond donors (Lipinski definition) is 0. The van der Waals surface area contributed by atoms with Crippen LogP contribution in [0.25, 0.3) is 0 Å². The predicted molar refractivity (Wildman–Crippen MR) is 88.9 cm³/mol. The Hall–Kier alpha value is -1.06. The van der Waals surface area contributed by atoms with Gasteiger partial charge in [-0.15, -0.1) is 11.6 Å². The fourth-order valence-corrected chi connectivity index (χ4v) is 2.33. The summed E-state index contributed by atoms with van der Waals surface area (Å²) in [5.41, 5.74) is 2.02. The number of benzene rings is 1. The summed E-state index contributed by atoms with van der Waals surface area (Å²) >= 11 is 6.19. The molecule has 0 N–H and O–H groups in total. The molecule has 2 atom stereocenters. The molecule has 1 aromatic carbocycles. The minimum atomic E-state index is -0.525. The van der Waals surface area contributed by atoms with Gasteiger partial charge in [-0.1, -0.05) is 39.0 Å². The van der Waals surface area contributed by atoms with Gasteiger partial charge in [-0.2, -0.15) is 0 Å². The van der Waals surface area contributed by atoms with Crippen molar-refractivity contribution in [2.24, 2.45) is 0 Å². The molecule has 1 amide bonds. The number of hydrogen-bond acceptors (Lipinski definition) is 2. The van der Waals surface area contributed by atoms with Gasteiger partial charge in [0.25, 0.3) is 0 Å². The topological polar surface area (TPSA) is 29.5 Å². The normalized spacial score (nSPS) is 13.8. The molecule has 0 aromatic heterocycles. The molecule has 1 rings (SSSR count). The standard InChI is InChI=1S/C17H26ClNO2/c1-5-12-21-13(4)19(17(20)15(18)7-3)16-11-9-8-10-14(16)6-2/h8-11,13,15H,5-7,12H2,1-4H3. The van der Waals surface area contributed by atoms with Gasteiger partial charge in [-0.3, -0.25) is 9.69 Å². The Labute approximate surface area is 133 Å². The van der Waals surface area contributed by atoms with Gasteiger partial charge in [-0.05, 0) is 37.8 Å². The van der Waals surface area contributed by atoms with E-state index >= 15 is 0 Å². The van der Waals surface area contributed by atoms with Crippen molar-refractivity contribution in [1.82, 2.24) is 0 Å². The summed E-state index contributed by atoms with van der Waals surface area (Å²) in [7, 11) is 0. The molecule has 2 unspecified atom stereocenters. The zero-order chi connectivity index (χ0) is 15.8. The van der Waals surface area contributed by atoms with Crippen LogP contribution in [0.1, 0.15) is 46.1 Å². The van der Waals surface area contributed by atoms with E-state index in [1.807, 2.05) is 38.1 Å². The Kier molecular flexibility index (Phi) is 7.76. The Morgan fingerprint density at radius 1 is 1.29 bits per heavy atom. The number of aryl methyl sites for hydroxylation is 1. The molecule has 1 aromatic rings. The van der Waals surface area contributed by atoms with E-state index in [9.17, 15) is 4.79 Å². The average molecular weight is 312 g/mol. The van der Waals surface area contributed by atoms with E-state index < -0.39 is 5.38 Å². The molecule has 0 saturated heterocycles. The van der Waals surface area contributed by atoms with Gasteiger partial charge in [0.05, 0.1) is 0 Å². The molecule has 118 valence electrons. The maximum atomic E-state index is 12.7. The number of ether oxygens (including phenoxy) is 1. The molecule has 0 aliphatic rings. The van der Waals surface area contributed by atoms with E-state index in [-0.39, 0.29) is 12.1 Å². The van der Waals surface area contributed by atoms with Crippen molar-refractivity contribution >= 4 is 23.2 Å². The van der Waals surface area contributed by atoms with Crippen molar-refractivity contribution < 1.29 is 9.53 Å². The summed E-state index contributed by atoms with van der Waals surface area (Å²) in [6.07, 6.45) is 2.06. The summed E-state index contributed by atoms with van der Waals surface area (Å²) in [5, 5.41) is -0.525. The quantitative estimate of drug-likeness (QED) is 0.527. The Morgan fingerprint density at radius 2 is 1.95 bits per heavy atom. The van der Waals surface area contributed by atoms with Crippen molar-refractivity contribution in [3.63, 3.8) is 0 Å². The lowest BCUT2D eigenvalue weighted by Crippen LogP contribution is -2.45. The van der Waals surface area contributed by atoms with Crippen LogP contribution in [0.2, 0.25) is 0 Å². The fourth-order valence-electron chi connectivity index (χ4n) is 2.23. The molecule has 0 heterocycles. The molecule has 4 heteroatoms. The SMILES string of the molecule is CCCOC(C)N(C(=O)C(Cl)CC)c1ccccc1CC. The third kappa shape index (κ3) is 4.72. The molecule has 0 fully saturated rings. The van der Waals surface area contributed by atoms with Gasteiger partial charge in [0.1, 0.15) is 11.6 Å². The van der Waals surface area contributed by atoms with E-state index in [4.69, 9.17) is 16.3 Å². The molecule has 0 spiro atoms. The highest BCUT2D eigenvalue weighted by Crippen LogP contribution is 2.26. The predicted octanol–water partition coefficient (Wildman–Crippen LogP) is 4.37. The molecular formula is C17H26ClNO2. The lowest BCUT2D eigenvalue weighted by molar-refractivity contribution is -0.120. The third-order valence-electron chi connectivity index (χ3n) is 3.42. The number of amides is 1. The maximum absolute atomic E-state index is 12.7. The number of para-hydroxylation sites is 1. The van der Waals surface area contributed by atoms with Crippen LogP contribution in [0.5, 0.6) is 0 Å². The van der Waals surface area contributed by atoms with E-state index in [0.717, 1.165) is 24.1 Å². The van der Waals surface area contributed by atoms with Gasteiger partial charge in [0, 0.05) is 12.3 Å². The number of rotatable bonds is 8. The largest absolute Gasteiger partial charge is 0.358 e. The summed E-state index contributed by atoms with van der Waals surface area (Å²) < 4.78 is 5.77. The summed E-state index contributed by atoms with van der Waals surface area (Å²) in [6.45, 7) is 8.57. The first-order chi connectivity index (χ1) is 10.1. The molecule has 0 aliphatic heterocycles. The second kappa shape index (κ2) is 9.06. The lowest BCUT2D eigenvalue weighted by Gasteiger charge is -2.32. The number of alkyl halides is 1. The number of anilines is 1. The van der Waals surface area contributed by atoms with E-state index in [1.165, 1.54) is 0 Å². The van der Waals surface area contributed by atoms with Crippen molar-refractivity contribution in [1.29, 1.82) is 0 Å². The highest BCUT2D eigenvalue weighted by Gasteiger charge is 2.28. The average Bonchev–Trinajstić information content (AvgIpc) is 2.52. The van der Waals surface area contributed by atoms with Crippen molar-refractivity contribution in [2.45, 2.75) is 58.6 Å². The first-order valence-corrected chi connectivity index (χ1v) is 8.17. The van der Waals surface area contributed by atoms with E-state index in [0.29, 0.717) is 13.0 Å². The monoisotopic (exact) mass is 311 g/mol. The molecule has 0 saturated carbocycles. The van der Waals surface area contributed by atoms with E-state index in [2.05, 4.69) is 13.8 Å². The molecule has 0 aliphatic carbocycles. The smallest absolute Gasteiger partial charge is 0.247 e. The van der Waals surface area contributed by atoms with Crippen molar-refractivity contribution in [3.8, 4) is 0 Å². The first kappa shape index (κ1) is 18.0. The molecule has 21 heavy (non-hydrogen) atoms. The zero-order valence-electron chi connectivity index (χ0n) is 13.4. The minimum Gasteiger partial charge on any atom is -0.358 e. The van der Waals surface area contributed by atoms with E-state index in [1.54, 1.807) is 4.90 Å². The van der Waals surface area contributed by atoms with Crippen LogP contribution in [0.15, 0.2) is 24.3 Å². The molecule has 0 bridgehead atoms. The second-order valence-corrected chi connectivity index (χ2v) is 5.56. The number of halogens is 1. The number of carbonyl (C=O) groups excluding carboxylic acids is 1. The molecule has 3 nitrogen and oxygen atoms in total. The highest BCUT2D eigenvalue weighted by atomic mass is 35.5. The maximum Gasteiger partial charge on any atom is 0.247 e. The Bertz CT molecular complexity index is 450. The van der Waals surface area contributed by atoms with Crippen molar-refractivity contribution in [3.05, 3.63) is 29.8 Å². The van der Waals surface area contributed by atoms with Crippen LogP contribution >= 0.6 is 11.6 Å². The number of nitrogens with zero attached hydrogens (tertiary/aromatic N) is 1. The van der Waals surface area contributed by atoms with Gasteiger partial charge in [0.15, 0.2) is 0 Å². The van der Waals surface area contributed by atoms with Gasteiger partial charge < -0.3 is 4.74 Å². The minimum absolute atomic E-state index is 0.0938. The second-order valence-electron chi connectivity index (χ2n) is 5.04. The highest BCUT2D eigenvalue weighted by molar-refractivity contribution is 6.32. The Morgan fingerprint density at radius 3 is 2.52 bits per heavy atom. The molecule has 0 radical (unpaired) electrons. The van der Waals surface area contributed by atoms with Crippen LogP contribution in [0.4, 0.5) is 5.69 Å². The summed E-state index contributed by atoms with van der Waals surface area (Å²) in [6, 6.07) is 7.93. The van der Waals surface area contributed by atoms with Crippen molar-refractivity contribution in [2.75, 3.05) is 11.5 Å². The molecular weight excluding hydrogens is 286 g/mol. The third-order valence-corrected chi connectivity index (χ3v) is 3.92. The van der Waals surface area contributed by atoms with Crippen LogP contribution in [-0.4, -0.2) is 24.1 Å². The zero-order valence-corrected chi connectivity index (χ0v) is 14.2. The summed E-state index contributed by atoms with van der Waals surface area (Å²) in [5.74, 6) is -0.0938. The first-order valence-electron chi connectivity index (χ1n) is 7.73. The van der Waals surface area contributed by atoms with Gasteiger partial charge >= 0.3 is 0 Å². The van der Waals surface area contributed by atoms with Crippen LogP contribution in [-0.2, 0) is 16.0 Å². The van der Waals surface area contributed by atoms with Crippen LogP contribution < -0.4 is 4.90 Å². The lowest BCUT2D eigenvalue weighted by atomic mass is 10.1. The van der Waals surface area contributed by atoms with Gasteiger partial charge in [0.2, 0.25) is 5.91 Å². The van der Waals surface area contributed by atoms with Gasteiger partial charge in [-0.25, -0.2) is 0 Å².